The summed E-state index contributed by atoms with van der Waals surface area (Å²) < 4.78 is 0. The maximum absolute atomic E-state index is 2.63. The molecule has 0 spiro atoms. The Morgan fingerprint density at radius 2 is 0.526 bits per heavy atom. The third kappa shape index (κ3) is 5.96. The van der Waals surface area contributed by atoms with Gasteiger partial charge in [-0.2, -0.15) is 0 Å². The van der Waals surface area contributed by atoms with Crippen LogP contribution in [-0.2, 0) is 0 Å². The topological polar surface area (TPSA) is 0 Å². The molecule has 224 valence electrons. The van der Waals surface area contributed by atoms with Gasteiger partial charge in [-0.05, 0) is 125 Å². The largest absolute Gasteiger partial charge is 0.0620 e. The zero-order valence-corrected chi connectivity index (χ0v) is 29.0. The monoisotopic (exact) mass is 529 g/mol. The van der Waals surface area contributed by atoms with Crippen molar-refractivity contribution in [3.63, 3.8) is 0 Å². The summed E-state index contributed by atoms with van der Waals surface area (Å²) in [7, 11) is 0. The van der Waals surface area contributed by atoms with Crippen molar-refractivity contribution in [3.8, 4) is 0 Å². The molecule has 0 aromatic rings. The molecular weight excluding hydrogens is 456 g/mol. The summed E-state index contributed by atoms with van der Waals surface area (Å²) in [6, 6.07) is 0. The molecule has 4 saturated carbocycles. The number of rotatable bonds is 4. The molecule has 18 unspecified atom stereocenters. The molecule has 0 aliphatic heterocycles. The summed E-state index contributed by atoms with van der Waals surface area (Å²) in [5, 5.41) is 0. The minimum Gasteiger partial charge on any atom is -0.0620 e. The lowest BCUT2D eigenvalue weighted by Crippen LogP contribution is -2.43. The maximum atomic E-state index is 2.63. The molecule has 0 heteroatoms. The molecule has 4 aliphatic carbocycles. The molecule has 0 aromatic carbocycles. The zero-order valence-electron chi connectivity index (χ0n) is 29.0. The molecule has 0 N–H and O–H groups in total. The van der Waals surface area contributed by atoms with Crippen molar-refractivity contribution in [1.29, 1.82) is 0 Å². The van der Waals surface area contributed by atoms with E-state index in [4.69, 9.17) is 0 Å². The summed E-state index contributed by atoms with van der Waals surface area (Å²) in [4.78, 5) is 0. The average Bonchev–Trinajstić information content (AvgIpc) is 3.23. The fraction of sp³-hybridized carbons (Fsp3) is 1.00. The molecule has 0 amide bonds. The molecule has 0 heterocycles. The maximum Gasteiger partial charge on any atom is -0.0321 e. The highest BCUT2D eigenvalue weighted by Crippen LogP contribution is 2.62. The van der Waals surface area contributed by atoms with Crippen LogP contribution in [0.5, 0.6) is 0 Å². The summed E-state index contributed by atoms with van der Waals surface area (Å²) in [5.74, 6) is 16.8. The normalized spacial score (nSPS) is 54.6. The van der Waals surface area contributed by atoms with Crippen LogP contribution in [0.4, 0.5) is 0 Å². The molecule has 0 aromatic heterocycles. The van der Waals surface area contributed by atoms with Gasteiger partial charge in [0.25, 0.3) is 0 Å². The van der Waals surface area contributed by atoms with E-state index in [0.29, 0.717) is 5.41 Å². The molecule has 0 nitrogen and oxygen atoms in total. The Balaban J connectivity index is 0.000000732. The van der Waals surface area contributed by atoms with Crippen molar-refractivity contribution in [2.24, 2.45) is 112 Å². The average molecular weight is 529 g/mol. The standard InChI is InChI=1S/C33H60.C5H12/c1-16-18(3)24(9)32-28(20(5)26(11)30(32)22(16)7)14-13-15-29-21(6)27(12)31-23(8)17(2)19(4)25(10)33(29)31;1-5(2,3)4/h16-33H,13-15H2,1-12H3;1-4H3. The van der Waals surface area contributed by atoms with Crippen molar-refractivity contribution >= 4 is 0 Å². The Hall–Kier alpha value is 0. The Morgan fingerprint density at radius 1 is 0.316 bits per heavy atom. The lowest BCUT2D eigenvalue weighted by molar-refractivity contribution is -0.00598. The molecule has 4 rings (SSSR count). The third-order valence-corrected chi connectivity index (χ3v) is 14.6. The summed E-state index contributed by atoms with van der Waals surface area (Å²) in [6.07, 6.45) is 4.51. The number of hydrogen-bond acceptors (Lipinski definition) is 0. The van der Waals surface area contributed by atoms with Crippen molar-refractivity contribution < 1.29 is 0 Å². The van der Waals surface area contributed by atoms with Crippen LogP contribution in [0, 0.1) is 112 Å². The van der Waals surface area contributed by atoms with Crippen molar-refractivity contribution in [3.05, 3.63) is 0 Å². The van der Waals surface area contributed by atoms with Crippen LogP contribution in [0.3, 0.4) is 0 Å². The van der Waals surface area contributed by atoms with Gasteiger partial charge in [0.2, 0.25) is 0 Å². The summed E-state index contributed by atoms with van der Waals surface area (Å²) >= 11 is 0. The fourth-order valence-electron chi connectivity index (χ4n) is 11.4. The van der Waals surface area contributed by atoms with E-state index >= 15 is 0 Å². The van der Waals surface area contributed by atoms with Crippen LogP contribution in [0.25, 0.3) is 0 Å². The van der Waals surface area contributed by atoms with E-state index < -0.39 is 0 Å². The van der Waals surface area contributed by atoms with Crippen LogP contribution >= 0.6 is 0 Å². The first-order valence-electron chi connectivity index (χ1n) is 17.4. The zero-order chi connectivity index (χ0) is 29.0. The molecule has 38 heavy (non-hydrogen) atoms. The van der Waals surface area contributed by atoms with Crippen LogP contribution in [-0.4, -0.2) is 0 Å². The van der Waals surface area contributed by atoms with Gasteiger partial charge >= 0.3 is 0 Å². The van der Waals surface area contributed by atoms with Crippen LogP contribution in [0.15, 0.2) is 0 Å². The fourth-order valence-corrected chi connectivity index (χ4v) is 11.4. The van der Waals surface area contributed by atoms with E-state index in [2.05, 4.69) is 111 Å². The summed E-state index contributed by atoms with van der Waals surface area (Å²) in [6.45, 7) is 40.0. The van der Waals surface area contributed by atoms with Gasteiger partial charge in [0.05, 0.1) is 0 Å². The van der Waals surface area contributed by atoms with Gasteiger partial charge in [-0.3, -0.25) is 0 Å². The molecule has 4 fully saturated rings. The van der Waals surface area contributed by atoms with Crippen molar-refractivity contribution in [2.45, 2.75) is 130 Å². The minimum absolute atomic E-state index is 0.500. The van der Waals surface area contributed by atoms with Crippen LogP contribution < -0.4 is 0 Å². The lowest BCUT2D eigenvalue weighted by Gasteiger charge is -2.49. The van der Waals surface area contributed by atoms with Crippen LogP contribution in [0.2, 0.25) is 0 Å². The van der Waals surface area contributed by atoms with Gasteiger partial charge in [0.1, 0.15) is 0 Å². The van der Waals surface area contributed by atoms with Gasteiger partial charge in [0.15, 0.2) is 0 Å². The van der Waals surface area contributed by atoms with E-state index in [1.165, 1.54) is 19.3 Å². The first kappa shape index (κ1) is 32.5. The number of hydrogen-bond donors (Lipinski definition) is 0. The predicted octanol–water partition coefficient (Wildman–Crippen LogP) is 11.6. The third-order valence-electron chi connectivity index (χ3n) is 14.6. The smallest absolute Gasteiger partial charge is 0.0321 e. The lowest BCUT2D eigenvalue weighted by atomic mass is 9.56. The van der Waals surface area contributed by atoms with Gasteiger partial charge in [-0.1, -0.05) is 117 Å². The molecule has 18 atom stereocenters. The first-order valence-corrected chi connectivity index (χ1v) is 17.4. The Kier molecular flexibility index (Phi) is 10.3. The summed E-state index contributed by atoms with van der Waals surface area (Å²) in [5.41, 5.74) is 0.500. The minimum atomic E-state index is 0.500. The van der Waals surface area contributed by atoms with Gasteiger partial charge in [-0.15, -0.1) is 0 Å². The van der Waals surface area contributed by atoms with E-state index in [9.17, 15) is 0 Å². The Morgan fingerprint density at radius 3 is 0.789 bits per heavy atom. The first-order chi connectivity index (χ1) is 17.4. The second-order valence-corrected chi connectivity index (χ2v) is 17.9. The van der Waals surface area contributed by atoms with Crippen molar-refractivity contribution in [1.82, 2.24) is 0 Å². The van der Waals surface area contributed by atoms with Gasteiger partial charge < -0.3 is 0 Å². The Bertz CT molecular complexity index is 682. The highest BCUT2D eigenvalue weighted by molar-refractivity contribution is 5.04. The SMILES string of the molecule is CC(C)(C)C.CC1C(C)C(C)C2C(CCCC3C(C)C(C)C4C(C)C(C)C(C)C(C)C34)C(C)C(C)C2C1C. The number of fused-ring (bicyclic) bond motifs is 2. The Labute approximate surface area is 241 Å². The van der Waals surface area contributed by atoms with E-state index in [1.807, 2.05) is 0 Å². The second-order valence-electron chi connectivity index (χ2n) is 17.9. The quantitative estimate of drug-likeness (QED) is 0.340. The van der Waals surface area contributed by atoms with E-state index in [-0.39, 0.29) is 0 Å². The molecule has 0 bridgehead atoms. The van der Waals surface area contributed by atoms with E-state index in [1.54, 1.807) is 0 Å². The van der Waals surface area contributed by atoms with Gasteiger partial charge in [0, 0.05) is 0 Å². The highest BCUT2D eigenvalue weighted by Gasteiger charge is 2.56. The molecular formula is C38H72. The molecule has 0 saturated heterocycles. The molecule has 4 aliphatic rings. The van der Waals surface area contributed by atoms with Gasteiger partial charge in [-0.25, -0.2) is 0 Å². The molecule has 0 radical (unpaired) electrons. The highest BCUT2D eigenvalue weighted by atomic mass is 14.6. The van der Waals surface area contributed by atoms with Crippen molar-refractivity contribution in [2.75, 3.05) is 0 Å². The predicted molar refractivity (Wildman–Crippen MR) is 170 cm³/mol. The van der Waals surface area contributed by atoms with Crippen LogP contribution in [0.1, 0.15) is 130 Å². The van der Waals surface area contributed by atoms with E-state index in [0.717, 1.165) is 107 Å². The second kappa shape index (κ2) is 12.1.